The quantitative estimate of drug-likeness (QED) is 0.463. The van der Waals surface area contributed by atoms with E-state index in [1.54, 1.807) is 12.3 Å². The molecule has 0 unspecified atom stereocenters. The van der Waals surface area contributed by atoms with Crippen LogP contribution in [0.4, 0.5) is 5.69 Å². The van der Waals surface area contributed by atoms with Crippen molar-refractivity contribution in [2.75, 3.05) is 32.4 Å². The van der Waals surface area contributed by atoms with Crippen molar-refractivity contribution in [3.05, 3.63) is 40.0 Å². The zero-order valence-corrected chi connectivity index (χ0v) is 18.7. The van der Waals surface area contributed by atoms with E-state index in [1.165, 1.54) is 38.1 Å². The van der Waals surface area contributed by atoms with Gasteiger partial charge in [-0.25, -0.2) is 9.78 Å². The zero-order chi connectivity index (χ0) is 22.5. The van der Waals surface area contributed by atoms with E-state index < -0.39 is 18.5 Å². The lowest BCUT2D eigenvalue weighted by Gasteiger charge is -2.13. The van der Waals surface area contributed by atoms with E-state index in [1.807, 2.05) is 6.07 Å². The number of carbonyl (C=O) groups is 2. The van der Waals surface area contributed by atoms with Crippen LogP contribution in [0.1, 0.15) is 40.4 Å². The number of pyridine rings is 1. The summed E-state index contributed by atoms with van der Waals surface area (Å²) in [4.78, 5) is 29.5. The minimum atomic E-state index is -0.758. The maximum atomic E-state index is 12.7. The predicted molar refractivity (Wildman–Crippen MR) is 116 cm³/mol. The Morgan fingerprint density at radius 3 is 2.55 bits per heavy atom. The fourth-order valence-electron chi connectivity index (χ4n) is 2.90. The molecule has 1 aliphatic rings. The standard InChI is InChI=1S/C21H20ClN3O5S/c1-28-17-8-18(29-2)16(7-14(17)22)24-19(26)10-30-21(27)12-6-15(11-4-5-11)25-20(31-3)13(12)9-23/h6-8,11H,4-5,10H2,1-3H3,(H,24,26). The highest BCUT2D eigenvalue weighted by atomic mass is 35.5. The van der Waals surface area contributed by atoms with Crippen LogP contribution < -0.4 is 14.8 Å². The number of hydrogen-bond acceptors (Lipinski definition) is 8. The second kappa shape index (κ2) is 9.90. The van der Waals surface area contributed by atoms with Gasteiger partial charge in [0, 0.05) is 17.7 Å². The Morgan fingerprint density at radius 2 is 1.97 bits per heavy atom. The van der Waals surface area contributed by atoms with Gasteiger partial charge in [-0.15, -0.1) is 11.8 Å². The van der Waals surface area contributed by atoms with Gasteiger partial charge in [-0.3, -0.25) is 4.79 Å². The molecule has 1 fully saturated rings. The molecule has 2 aromatic rings. The Balaban J connectivity index is 1.73. The molecule has 8 nitrogen and oxygen atoms in total. The van der Waals surface area contributed by atoms with Gasteiger partial charge >= 0.3 is 5.97 Å². The molecular weight excluding hydrogens is 442 g/mol. The number of nitriles is 1. The summed E-state index contributed by atoms with van der Waals surface area (Å²) in [5.41, 5.74) is 1.32. The van der Waals surface area contributed by atoms with Gasteiger partial charge in [-0.05, 0) is 31.2 Å². The molecule has 1 heterocycles. The number of amides is 1. The van der Waals surface area contributed by atoms with Gasteiger partial charge in [0.15, 0.2) is 6.61 Å². The molecule has 10 heteroatoms. The highest BCUT2D eigenvalue weighted by molar-refractivity contribution is 7.98. The van der Waals surface area contributed by atoms with Crippen LogP contribution in [0.15, 0.2) is 23.2 Å². The maximum absolute atomic E-state index is 12.7. The number of aromatic nitrogens is 1. The molecular formula is C21H20ClN3O5S. The Kier molecular flexibility index (Phi) is 7.25. The monoisotopic (exact) mass is 461 g/mol. The molecule has 1 aliphatic carbocycles. The lowest BCUT2D eigenvalue weighted by molar-refractivity contribution is -0.119. The summed E-state index contributed by atoms with van der Waals surface area (Å²) in [6, 6.07) is 6.61. The molecule has 1 N–H and O–H groups in total. The third-order valence-electron chi connectivity index (χ3n) is 4.61. The molecule has 0 atom stereocenters. The number of ether oxygens (including phenoxy) is 3. The van der Waals surface area contributed by atoms with Crippen molar-refractivity contribution in [2.24, 2.45) is 0 Å². The molecule has 1 saturated carbocycles. The second-order valence-corrected chi connectivity index (χ2v) is 7.88. The van der Waals surface area contributed by atoms with Crippen molar-refractivity contribution in [3.63, 3.8) is 0 Å². The van der Waals surface area contributed by atoms with E-state index in [-0.39, 0.29) is 16.1 Å². The Morgan fingerprint density at radius 1 is 1.26 bits per heavy atom. The Hall–Kier alpha value is -2.96. The smallest absolute Gasteiger partial charge is 0.340 e. The molecule has 31 heavy (non-hydrogen) atoms. The Labute approximate surface area is 188 Å². The summed E-state index contributed by atoms with van der Waals surface area (Å²) in [6.07, 6.45) is 3.78. The maximum Gasteiger partial charge on any atom is 0.340 e. The first-order valence-electron chi connectivity index (χ1n) is 9.29. The van der Waals surface area contributed by atoms with E-state index in [2.05, 4.69) is 10.3 Å². The number of anilines is 1. The number of esters is 1. The van der Waals surface area contributed by atoms with Gasteiger partial charge in [0.2, 0.25) is 0 Å². The van der Waals surface area contributed by atoms with Crippen LogP contribution in [0.3, 0.4) is 0 Å². The van der Waals surface area contributed by atoms with E-state index in [9.17, 15) is 14.9 Å². The third-order valence-corrected chi connectivity index (χ3v) is 5.59. The van der Waals surface area contributed by atoms with Gasteiger partial charge < -0.3 is 19.5 Å². The van der Waals surface area contributed by atoms with Crippen LogP contribution in [-0.2, 0) is 9.53 Å². The largest absolute Gasteiger partial charge is 0.495 e. The summed E-state index contributed by atoms with van der Waals surface area (Å²) in [5.74, 6) is -0.332. The minimum absolute atomic E-state index is 0.113. The molecule has 1 aromatic heterocycles. The molecule has 0 bridgehead atoms. The van der Waals surface area contributed by atoms with Gasteiger partial charge in [0.05, 0.1) is 36.1 Å². The van der Waals surface area contributed by atoms with Gasteiger partial charge in [-0.1, -0.05) is 11.6 Å². The normalized spacial score (nSPS) is 12.6. The molecule has 1 aromatic carbocycles. The molecule has 0 spiro atoms. The highest BCUT2D eigenvalue weighted by Gasteiger charge is 2.29. The number of methoxy groups -OCH3 is 2. The first-order valence-corrected chi connectivity index (χ1v) is 10.9. The van der Waals surface area contributed by atoms with Crippen molar-refractivity contribution in [1.29, 1.82) is 5.26 Å². The average molecular weight is 462 g/mol. The molecule has 3 rings (SSSR count). The lowest BCUT2D eigenvalue weighted by atomic mass is 10.1. The highest BCUT2D eigenvalue weighted by Crippen LogP contribution is 2.40. The first-order chi connectivity index (χ1) is 14.9. The molecule has 0 radical (unpaired) electrons. The summed E-state index contributed by atoms with van der Waals surface area (Å²) < 4.78 is 15.5. The average Bonchev–Trinajstić information content (AvgIpc) is 3.62. The van der Waals surface area contributed by atoms with Crippen molar-refractivity contribution in [3.8, 4) is 17.6 Å². The second-order valence-electron chi connectivity index (χ2n) is 6.68. The fourth-order valence-corrected chi connectivity index (χ4v) is 3.70. The van der Waals surface area contributed by atoms with E-state index in [4.69, 9.17) is 25.8 Å². The van der Waals surface area contributed by atoms with Crippen molar-refractivity contribution >= 4 is 40.9 Å². The van der Waals surface area contributed by atoms with E-state index >= 15 is 0 Å². The summed E-state index contributed by atoms with van der Waals surface area (Å²) in [7, 11) is 2.90. The lowest BCUT2D eigenvalue weighted by Crippen LogP contribution is -2.22. The molecule has 162 valence electrons. The van der Waals surface area contributed by atoms with Crippen molar-refractivity contribution < 1.29 is 23.8 Å². The van der Waals surface area contributed by atoms with Crippen LogP contribution in [0.2, 0.25) is 5.02 Å². The van der Waals surface area contributed by atoms with Crippen LogP contribution in [0.25, 0.3) is 0 Å². The summed E-state index contributed by atoms with van der Waals surface area (Å²) in [5, 5.41) is 12.8. The number of thioether (sulfide) groups is 1. The summed E-state index contributed by atoms with van der Waals surface area (Å²) in [6.45, 7) is -0.549. The van der Waals surface area contributed by atoms with Crippen LogP contribution >= 0.6 is 23.4 Å². The van der Waals surface area contributed by atoms with E-state index in [0.29, 0.717) is 28.1 Å². The van der Waals surface area contributed by atoms with Crippen LogP contribution in [-0.4, -0.2) is 43.9 Å². The van der Waals surface area contributed by atoms with Gasteiger partial charge in [-0.2, -0.15) is 5.26 Å². The van der Waals surface area contributed by atoms with Gasteiger partial charge in [0.25, 0.3) is 5.91 Å². The van der Waals surface area contributed by atoms with Crippen LogP contribution in [0.5, 0.6) is 11.5 Å². The SMILES string of the molecule is COc1cc(OC)c(NC(=O)COC(=O)c2cc(C3CC3)nc(SC)c2C#N)cc1Cl. The van der Waals surface area contributed by atoms with Crippen molar-refractivity contribution in [1.82, 2.24) is 4.98 Å². The predicted octanol–water partition coefficient (Wildman–Crippen LogP) is 4.02. The number of carbonyl (C=O) groups excluding carboxylic acids is 2. The first kappa shape index (κ1) is 22.7. The Bertz CT molecular complexity index is 1070. The number of nitrogens with one attached hydrogen (secondary N) is 1. The third kappa shape index (κ3) is 5.21. The zero-order valence-electron chi connectivity index (χ0n) is 17.2. The topological polar surface area (TPSA) is 111 Å². The number of benzene rings is 1. The fraction of sp³-hybridized carbons (Fsp3) is 0.333. The molecule has 0 aliphatic heterocycles. The number of hydrogen-bond donors (Lipinski definition) is 1. The summed E-state index contributed by atoms with van der Waals surface area (Å²) >= 11 is 7.39. The van der Waals surface area contributed by atoms with Gasteiger partial charge in [0.1, 0.15) is 22.6 Å². The molecule has 0 saturated heterocycles. The van der Waals surface area contributed by atoms with Crippen LogP contribution in [0, 0.1) is 11.3 Å². The number of halogens is 1. The number of rotatable bonds is 8. The molecule has 1 amide bonds. The van der Waals surface area contributed by atoms with Crippen molar-refractivity contribution in [2.45, 2.75) is 23.8 Å². The number of nitrogens with zero attached hydrogens (tertiary/aromatic N) is 2. The minimum Gasteiger partial charge on any atom is -0.495 e. The van der Waals surface area contributed by atoms with E-state index in [0.717, 1.165) is 18.5 Å².